The summed E-state index contributed by atoms with van der Waals surface area (Å²) in [5.74, 6) is 0. The Hall–Kier alpha value is -1.74. The molecule has 0 radical (unpaired) electrons. The Balaban J connectivity index is 2.45. The van der Waals surface area contributed by atoms with Crippen LogP contribution in [-0.4, -0.2) is 16.3 Å². The molecule has 0 aliphatic carbocycles. The highest BCUT2D eigenvalue weighted by Crippen LogP contribution is 2.28. The van der Waals surface area contributed by atoms with Gasteiger partial charge in [0, 0.05) is 42.9 Å². The molecule has 1 aromatic heterocycles. The zero-order valence-corrected chi connectivity index (χ0v) is 9.35. The molecule has 16 heavy (non-hydrogen) atoms. The normalized spacial score (nSPS) is 10.6. The standard InChI is InChI=1S/C13H16N2O/c1-15-7-5-11(9-15)12-4-2-3-10(6-8-16)13(12)14/h2-5,7,9,16H,6,8,14H2,1H3. The summed E-state index contributed by atoms with van der Waals surface area (Å²) in [6.07, 6.45) is 4.63. The molecule has 2 rings (SSSR count). The van der Waals surface area contributed by atoms with Crippen LogP contribution in [0.15, 0.2) is 36.7 Å². The second-order valence-corrected chi connectivity index (χ2v) is 3.92. The number of aliphatic hydroxyl groups is 1. The first-order valence-electron chi connectivity index (χ1n) is 5.33. The van der Waals surface area contributed by atoms with Crippen molar-refractivity contribution in [2.45, 2.75) is 6.42 Å². The first kappa shape index (κ1) is 10.8. The molecular weight excluding hydrogens is 200 g/mol. The van der Waals surface area contributed by atoms with Gasteiger partial charge in [-0.15, -0.1) is 0 Å². The number of nitrogens with two attached hydrogens (primary N) is 1. The van der Waals surface area contributed by atoms with Crippen LogP contribution in [0.4, 0.5) is 5.69 Å². The molecule has 0 atom stereocenters. The number of hydrogen-bond donors (Lipinski definition) is 2. The Morgan fingerprint density at radius 2 is 2.12 bits per heavy atom. The average molecular weight is 216 g/mol. The minimum atomic E-state index is 0.127. The first-order chi connectivity index (χ1) is 7.72. The van der Waals surface area contributed by atoms with Crippen molar-refractivity contribution in [3.05, 3.63) is 42.2 Å². The third-order valence-corrected chi connectivity index (χ3v) is 2.72. The van der Waals surface area contributed by atoms with Crippen molar-refractivity contribution < 1.29 is 5.11 Å². The molecule has 0 aliphatic heterocycles. The van der Waals surface area contributed by atoms with Crippen LogP contribution in [0.2, 0.25) is 0 Å². The van der Waals surface area contributed by atoms with Gasteiger partial charge in [-0.3, -0.25) is 0 Å². The highest BCUT2D eigenvalue weighted by Gasteiger charge is 2.07. The van der Waals surface area contributed by atoms with Crippen LogP contribution in [0, 0.1) is 0 Å². The number of nitrogen functional groups attached to an aromatic ring is 1. The van der Waals surface area contributed by atoms with Crippen LogP contribution in [-0.2, 0) is 13.5 Å². The molecular formula is C13H16N2O. The van der Waals surface area contributed by atoms with E-state index in [-0.39, 0.29) is 6.61 Å². The summed E-state index contributed by atoms with van der Waals surface area (Å²) in [5.41, 5.74) is 10.0. The molecule has 0 aliphatic rings. The summed E-state index contributed by atoms with van der Waals surface area (Å²) in [5, 5.41) is 8.95. The molecule has 1 aromatic carbocycles. The summed E-state index contributed by atoms with van der Waals surface area (Å²) in [6.45, 7) is 0.127. The van der Waals surface area contributed by atoms with E-state index in [0.29, 0.717) is 6.42 Å². The Kier molecular flexibility index (Phi) is 2.97. The second kappa shape index (κ2) is 4.41. The fourth-order valence-corrected chi connectivity index (χ4v) is 1.87. The van der Waals surface area contributed by atoms with Crippen molar-refractivity contribution >= 4 is 5.69 Å². The molecule has 2 aromatic rings. The summed E-state index contributed by atoms with van der Waals surface area (Å²) in [4.78, 5) is 0. The Morgan fingerprint density at radius 3 is 2.75 bits per heavy atom. The number of anilines is 1. The van der Waals surface area contributed by atoms with E-state index < -0.39 is 0 Å². The lowest BCUT2D eigenvalue weighted by Crippen LogP contribution is -1.99. The molecule has 0 saturated carbocycles. The summed E-state index contributed by atoms with van der Waals surface area (Å²) in [7, 11) is 1.98. The predicted octanol–water partition coefficient (Wildman–Crippen LogP) is 1.81. The molecule has 3 nitrogen and oxygen atoms in total. The van der Waals surface area contributed by atoms with Crippen LogP contribution >= 0.6 is 0 Å². The maximum Gasteiger partial charge on any atom is 0.0472 e. The van der Waals surface area contributed by atoms with Crippen molar-refractivity contribution in [1.82, 2.24) is 4.57 Å². The van der Waals surface area contributed by atoms with Gasteiger partial charge in [0.2, 0.25) is 0 Å². The van der Waals surface area contributed by atoms with Gasteiger partial charge >= 0.3 is 0 Å². The van der Waals surface area contributed by atoms with E-state index in [9.17, 15) is 0 Å². The van der Waals surface area contributed by atoms with E-state index in [0.717, 1.165) is 22.4 Å². The Labute approximate surface area is 95.1 Å². The van der Waals surface area contributed by atoms with Gasteiger partial charge in [0.05, 0.1) is 0 Å². The second-order valence-electron chi connectivity index (χ2n) is 3.92. The maximum atomic E-state index is 8.95. The van der Waals surface area contributed by atoms with Crippen molar-refractivity contribution in [2.24, 2.45) is 7.05 Å². The molecule has 1 heterocycles. The summed E-state index contributed by atoms with van der Waals surface area (Å²) < 4.78 is 1.99. The van der Waals surface area contributed by atoms with Crippen molar-refractivity contribution in [2.75, 3.05) is 12.3 Å². The number of para-hydroxylation sites is 1. The van der Waals surface area contributed by atoms with Crippen molar-refractivity contribution in [1.29, 1.82) is 0 Å². The molecule has 0 saturated heterocycles. The molecule has 3 N–H and O–H groups in total. The topological polar surface area (TPSA) is 51.2 Å². The quantitative estimate of drug-likeness (QED) is 0.769. The van der Waals surface area contributed by atoms with Gasteiger partial charge in [0.25, 0.3) is 0 Å². The number of hydrogen-bond acceptors (Lipinski definition) is 2. The molecule has 0 fully saturated rings. The predicted molar refractivity (Wildman–Crippen MR) is 66.1 cm³/mol. The number of rotatable bonds is 3. The van der Waals surface area contributed by atoms with Gasteiger partial charge in [-0.1, -0.05) is 18.2 Å². The van der Waals surface area contributed by atoms with E-state index in [1.807, 2.05) is 48.3 Å². The minimum absolute atomic E-state index is 0.127. The molecule has 84 valence electrons. The lowest BCUT2D eigenvalue weighted by atomic mass is 10.0. The smallest absolute Gasteiger partial charge is 0.0472 e. The van der Waals surface area contributed by atoms with Crippen LogP contribution in [0.1, 0.15) is 5.56 Å². The lowest BCUT2D eigenvalue weighted by Gasteiger charge is -2.08. The van der Waals surface area contributed by atoms with Gasteiger partial charge in [-0.25, -0.2) is 0 Å². The Morgan fingerprint density at radius 1 is 1.31 bits per heavy atom. The fourth-order valence-electron chi connectivity index (χ4n) is 1.87. The van der Waals surface area contributed by atoms with Crippen LogP contribution < -0.4 is 5.73 Å². The molecule has 0 spiro atoms. The lowest BCUT2D eigenvalue weighted by molar-refractivity contribution is 0.300. The zero-order valence-electron chi connectivity index (χ0n) is 9.35. The van der Waals surface area contributed by atoms with Gasteiger partial charge in [-0.2, -0.15) is 0 Å². The third-order valence-electron chi connectivity index (χ3n) is 2.72. The Bertz CT molecular complexity index is 488. The molecule has 3 heteroatoms. The van der Waals surface area contributed by atoms with E-state index in [1.165, 1.54) is 0 Å². The maximum absolute atomic E-state index is 8.95. The SMILES string of the molecule is Cn1ccc(-c2cccc(CCO)c2N)c1. The van der Waals surface area contributed by atoms with E-state index in [2.05, 4.69) is 0 Å². The largest absolute Gasteiger partial charge is 0.398 e. The fraction of sp³-hybridized carbons (Fsp3) is 0.231. The van der Waals surface area contributed by atoms with Gasteiger partial charge in [0.1, 0.15) is 0 Å². The van der Waals surface area contributed by atoms with E-state index in [4.69, 9.17) is 10.8 Å². The van der Waals surface area contributed by atoms with Crippen LogP contribution in [0.25, 0.3) is 11.1 Å². The number of nitrogens with zero attached hydrogens (tertiary/aromatic N) is 1. The molecule has 0 bridgehead atoms. The van der Waals surface area contributed by atoms with E-state index in [1.54, 1.807) is 0 Å². The van der Waals surface area contributed by atoms with E-state index >= 15 is 0 Å². The van der Waals surface area contributed by atoms with Gasteiger partial charge in [0.15, 0.2) is 0 Å². The van der Waals surface area contributed by atoms with Crippen molar-refractivity contribution in [3.63, 3.8) is 0 Å². The highest BCUT2D eigenvalue weighted by atomic mass is 16.2. The molecule has 0 amide bonds. The van der Waals surface area contributed by atoms with Gasteiger partial charge < -0.3 is 15.4 Å². The number of benzene rings is 1. The number of aryl methyl sites for hydroxylation is 1. The molecule has 0 unspecified atom stereocenters. The first-order valence-corrected chi connectivity index (χ1v) is 5.33. The zero-order chi connectivity index (χ0) is 11.5. The summed E-state index contributed by atoms with van der Waals surface area (Å²) in [6, 6.07) is 7.97. The summed E-state index contributed by atoms with van der Waals surface area (Å²) >= 11 is 0. The van der Waals surface area contributed by atoms with Crippen molar-refractivity contribution in [3.8, 4) is 11.1 Å². The third kappa shape index (κ3) is 1.95. The highest BCUT2D eigenvalue weighted by molar-refractivity contribution is 5.78. The monoisotopic (exact) mass is 216 g/mol. The minimum Gasteiger partial charge on any atom is -0.398 e. The van der Waals surface area contributed by atoms with Gasteiger partial charge in [-0.05, 0) is 18.1 Å². The number of aliphatic hydroxyl groups excluding tert-OH is 1. The van der Waals surface area contributed by atoms with Crippen LogP contribution in [0.5, 0.6) is 0 Å². The average Bonchev–Trinajstić information content (AvgIpc) is 2.68. The van der Waals surface area contributed by atoms with Crippen LogP contribution in [0.3, 0.4) is 0 Å². The number of aromatic nitrogens is 1.